The van der Waals surface area contributed by atoms with Crippen molar-refractivity contribution < 1.29 is 0 Å². The van der Waals surface area contributed by atoms with Crippen LogP contribution in [0.1, 0.15) is 41.2 Å². The van der Waals surface area contributed by atoms with Gasteiger partial charge in [-0.05, 0) is 92.3 Å². The van der Waals surface area contributed by atoms with Gasteiger partial charge in [0.05, 0.1) is 22.8 Å². The van der Waals surface area contributed by atoms with Gasteiger partial charge in [0, 0.05) is 5.41 Å². The van der Waals surface area contributed by atoms with E-state index in [-0.39, 0.29) is 5.41 Å². The van der Waals surface area contributed by atoms with E-state index in [1.165, 1.54) is 38.9 Å². The van der Waals surface area contributed by atoms with Crippen LogP contribution < -0.4 is 0 Å². The molecular weight excluding hydrogens is 448 g/mol. The van der Waals surface area contributed by atoms with E-state index < -0.39 is 0 Å². The summed E-state index contributed by atoms with van der Waals surface area (Å²) < 4.78 is 0. The number of rotatable bonds is 4. The lowest BCUT2D eigenvalue weighted by Gasteiger charge is -2.30. The molecule has 0 saturated carbocycles. The Hall–Kier alpha value is -4.04. The Labute approximate surface area is 221 Å². The highest BCUT2D eigenvalue weighted by Crippen LogP contribution is 2.36. The molecule has 2 aliphatic carbocycles. The second-order valence-corrected chi connectivity index (χ2v) is 10.5. The maximum absolute atomic E-state index is 4.98. The summed E-state index contributed by atoms with van der Waals surface area (Å²) in [5.41, 5.74) is 12.7. The third kappa shape index (κ3) is 5.39. The summed E-state index contributed by atoms with van der Waals surface area (Å²) in [7, 11) is 0. The molecular formula is C35H34N2. The Morgan fingerprint density at radius 3 is 2.00 bits per heavy atom. The smallest absolute Gasteiger partial charge is 0.0893 e. The van der Waals surface area contributed by atoms with Gasteiger partial charge in [-0.3, -0.25) is 0 Å². The minimum Gasteiger partial charge on any atom is -0.247 e. The molecule has 1 atom stereocenters. The number of hydrogen-bond acceptors (Lipinski definition) is 2. The minimum absolute atomic E-state index is 0.0175. The van der Waals surface area contributed by atoms with Crippen LogP contribution in [0.2, 0.25) is 0 Å². The molecule has 0 bridgehead atoms. The van der Waals surface area contributed by atoms with Crippen LogP contribution >= 0.6 is 0 Å². The van der Waals surface area contributed by atoms with Gasteiger partial charge in [-0.15, -0.1) is 0 Å². The highest BCUT2D eigenvalue weighted by Gasteiger charge is 2.26. The molecule has 1 unspecified atom stereocenters. The maximum atomic E-state index is 4.98. The first kappa shape index (κ1) is 24.6. The Kier molecular flexibility index (Phi) is 6.76. The molecule has 37 heavy (non-hydrogen) atoms. The molecule has 0 spiro atoms. The Balaban J connectivity index is 1.38. The first-order valence-electron chi connectivity index (χ1n) is 13.0. The van der Waals surface area contributed by atoms with Crippen LogP contribution in [0.4, 0.5) is 5.69 Å². The van der Waals surface area contributed by atoms with Crippen LogP contribution in [-0.4, -0.2) is 11.4 Å². The zero-order chi connectivity index (χ0) is 26.0. The lowest BCUT2D eigenvalue weighted by atomic mass is 9.75. The fraction of sp³-hybridized carbons (Fsp3) is 0.200. The predicted octanol–water partition coefficient (Wildman–Crippen LogP) is 9.03. The molecule has 184 valence electrons. The number of aryl methyl sites for hydroxylation is 4. The average Bonchev–Trinajstić information content (AvgIpc) is 2.90. The van der Waals surface area contributed by atoms with E-state index in [4.69, 9.17) is 9.98 Å². The van der Waals surface area contributed by atoms with E-state index in [1.807, 2.05) is 24.3 Å². The first-order valence-corrected chi connectivity index (χ1v) is 13.0. The van der Waals surface area contributed by atoms with Crippen LogP contribution in [0.3, 0.4) is 0 Å². The summed E-state index contributed by atoms with van der Waals surface area (Å²) >= 11 is 0. The van der Waals surface area contributed by atoms with Crippen molar-refractivity contribution in [2.24, 2.45) is 9.98 Å². The fourth-order valence-electron chi connectivity index (χ4n) is 5.05. The minimum atomic E-state index is -0.0175. The van der Waals surface area contributed by atoms with Crippen molar-refractivity contribution in [3.05, 3.63) is 137 Å². The van der Waals surface area contributed by atoms with E-state index in [0.717, 1.165) is 29.2 Å². The van der Waals surface area contributed by atoms with Crippen LogP contribution in [0.25, 0.3) is 11.1 Å². The van der Waals surface area contributed by atoms with Gasteiger partial charge in [0.15, 0.2) is 0 Å². The molecule has 0 fully saturated rings. The van der Waals surface area contributed by atoms with Gasteiger partial charge in [-0.2, -0.15) is 0 Å². The third-order valence-electron chi connectivity index (χ3n) is 7.32. The quantitative estimate of drug-likeness (QED) is 0.331. The zero-order valence-corrected chi connectivity index (χ0v) is 22.4. The van der Waals surface area contributed by atoms with Gasteiger partial charge in [0.1, 0.15) is 0 Å². The van der Waals surface area contributed by atoms with Crippen molar-refractivity contribution in [1.82, 2.24) is 0 Å². The van der Waals surface area contributed by atoms with Crippen molar-refractivity contribution in [3.8, 4) is 11.1 Å². The van der Waals surface area contributed by atoms with Gasteiger partial charge in [0.2, 0.25) is 0 Å². The molecule has 3 aromatic rings. The van der Waals surface area contributed by atoms with Crippen LogP contribution in [0.5, 0.6) is 0 Å². The molecule has 0 radical (unpaired) electrons. The number of hydrogen-bond donors (Lipinski definition) is 0. The molecule has 2 heteroatoms. The van der Waals surface area contributed by atoms with E-state index in [9.17, 15) is 0 Å². The first-order chi connectivity index (χ1) is 17.8. The summed E-state index contributed by atoms with van der Waals surface area (Å²) in [6.07, 6.45) is 15.7. The van der Waals surface area contributed by atoms with E-state index in [2.05, 4.69) is 114 Å². The second-order valence-electron chi connectivity index (χ2n) is 10.5. The lowest BCUT2D eigenvalue weighted by molar-refractivity contribution is 0.591. The van der Waals surface area contributed by atoms with Crippen LogP contribution in [0.15, 0.2) is 119 Å². The highest BCUT2D eigenvalue weighted by molar-refractivity contribution is 6.51. The van der Waals surface area contributed by atoms with E-state index >= 15 is 0 Å². The zero-order valence-electron chi connectivity index (χ0n) is 22.4. The van der Waals surface area contributed by atoms with Crippen LogP contribution in [-0.2, 0) is 5.41 Å². The SMILES string of the molecule is Cc1ccc(C)c(-c2ccc(N=C3C=CC=CC3=NC3=CCC(C)(c4cc(C)ccc4C)C=C3)cc2)c1. The summed E-state index contributed by atoms with van der Waals surface area (Å²) in [6, 6.07) is 21.8. The molecule has 5 rings (SSSR count). The van der Waals surface area contributed by atoms with Gasteiger partial charge in [-0.1, -0.05) is 90.9 Å². The predicted molar refractivity (Wildman–Crippen MR) is 159 cm³/mol. The molecule has 2 nitrogen and oxygen atoms in total. The van der Waals surface area contributed by atoms with Gasteiger partial charge < -0.3 is 0 Å². The largest absolute Gasteiger partial charge is 0.247 e. The van der Waals surface area contributed by atoms with E-state index in [1.54, 1.807) is 0 Å². The Morgan fingerprint density at radius 2 is 1.32 bits per heavy atom. The summed E-state index contributed by atoms with van der Waals surface area (Å²) in [5, 5.41) is 0. The van der Waals surface area contributed by atoms with Crippen molar-refractivity contribution in [2.75, 3.05) is 0 Å². The lowest BCUT2D eigenvalue weighted by Crippen LogP contribution is -2.22. The number of benzene rings is 3. The maximum Gasteiger partial charge on any atom is 0.0893 e. The molecule has 3 aromatic carbocycles. The van der Waals surface area contributed by atoms with Gasteiger partial charge in [0.25, 0.3) is 0 Å². The molecule has 0 aromatic heterocycles. The fourth-order valence-corrected chi connectivity index (χ4v) is 5.05. The second kappa shape index (κ2) is 10.1. The monoisotopic (exact) mass is 482 g/mol. The molecule has 0 amide bonds. The van der Waals surface area contributed by atoms with E-state index in [0.29, 0.717) is 0 Å². The van der Waals surface area contributed by atoms with Crippen molar-refractivity contribution in [3.63, 3.8) is 0 Å². The summed E-state index contributed by atoms with van der Waals surface area (Å²) in [6.45, 7) is 11.0. The summed E-state index contributed by atoms with van der Waals surface area (Å²) in [4.78, 5) is 9.91. The van der Waals surface area contributed by atoms with Gasteiger partial charge in [-0.25, -0.2) is 9.98 Å². The third-order valence-corrected chi connectivity index (χ3v) is 7.32. The topological polar surface area (TPSA) is 24.7 Å². The molecule has 0 saturated heterocycles. The Bertz CT molecular complexity index is 1520. The number of allylic oxidation sites excluding steroid dienone is 7. The summed E-state index contributed by atoms with van der Waals surface area (Å²) in [5.74, 6) is 0. The Morgan fingerprint density at radius 1 is 0.676 bits per heavy atom. The molecule has 0 aliphatic heterocycles. The van der Waals surface area contributed by atoms with Crippen molar-refractivity contribution in [2.45, 2.75) is 46.5 Å². The van der Waals surface area contributed by atoms with Crippen molar-refractivity contribution in [1.29, 1.82) is 0 Å². The van der Waals surface area contributed by atoms with Crippen LogP contribution in [0, 0.1) is 27.7 Å². The average molecular weight is 483 g/mol. The number of aliphatic imine (C=N–C) groups is 2. The standard InChI is InChI=1S/C35H34N2/c1-24-10-12-26(3)31(22-24)28-14-16-29(17-15-28)36-33-8-6-7-9-34(33)37-30-18-20-35(5,21-19-30)32-23-25(2)11-13-27(32)4/h6-20,22-23H,21H2,1-5H3. The molecule has 0 heterocycles. The highest BCUT2D eigenvalue weighted by atomic mass is 14.8. The molecule has 0 N–H and O–H groups in total. The van der Waals surface area contributed by atoms with Gasteiger partial charge >= 0.3 is 0 Å². The number of nitrogens with zero attached hydrogens (tertiary/aromatic N) is 2. The van der Waals surface area contributed by atoms with Crippen molar-refractivity contribution >= 4 is 17.1 Å². The normalized spacial score (nSPS) is 21.1. The molecule has 2 aliphatic rings.